The third kappa shape index (κ3) is 2.43. The lowest BCUT2D eigenvalue weighted by Gasteiger charge is -2.25. The van der Waals surface area contributed by atoms with Gasteiger partial charge in [-0.3, -0.25) is 0 Å². The molecule has 1 aliphatic rings. The fraction of sp³-hybridized carbons (Fsp3) is 0.280. The smallest absolute Gasteiger partial charge is 0.0158 e. The molecule has 0 heteroatoms. The number of benzene rings is 3. The Hall–Kier alpha value is -2.34. The summed E-state index contributed by atoms with van der Waals surface area (Å²) in [6.45, 7) is 11.6. The molecule has 25 heavy (non-hydrogen) atoms. The number of fused-ring (bicyclic) bond motifs is 3. The van der Waals surface area contributed by atoms with Gasteiger partial charge in [-0.05, 0) is 50.4 Å². The predicted molar refractivity (Wildman–Crippen MR) is 108 cm³/mol. The standard InChI is InChI=1S/C25H26/c1-24(2,3)21-12-9-13-22-23(21)19-16-18(17-10-7-6-8-11-17)14-15-20(19)25(22,4)5/h6-16H,1-5H3. The molecule has 0 saturated heterocycles. The van der Waals surface area contributed by atoms with Gasteiger partial charge in [0.2, 0.25) is 0 Å². The largest absolute Gasteiger partial charge is 0.0622 e. The van der Waals surface area contributed by atoms with Crippen LogP contribution in [0.5, 0.6) is 0 Å². The van der Waals surface area contributed by atoms with Gasteiger partial charge in [0.1, 0.15) is 0 Å². The Labute approximate surface area is 151 Å². The Morgan fingerprint density at radius 3 is 2.08 bits per heavy atom. The average Bonchev–Trinajstić information content (AvgIpc) is 2.82. The van der Waals surface area contributed by atoms with Crippen LogP contribution in [0.4, 0.5) is 0 Å². The quantitative estimate of drug-likeness (QED) is 0.453. The van der Waals surface area contributed by atoms with Gasteiger partial charge in [0.05, 0.1) is 0 Å². The number of hydrogen-bond acceptors (Lipinski definition) is 0. The summed E-state index contributed by atoms with van der Waals surface area (Å²) < 4.78 is 0. The van der Waals surface area contributed by atoms with Crippen LogP contribution in [0.2, 0.25) is 0 Å². The third-order valence-corrected chi connectivity index (χ3v) is 5.62. The van der Waals surface area contributed by atoms with E-state index in [2.05, 4.69) is 101 Å². The van der Waals surface area contributed by atoms with Crippen LogP contribution in [0.1, 0.15) is 51.3 Å². The van der Waals surface area contributed by atoms with E-state index in [9.17, 15) is 0 Å². The van der Waals surface area contributed by atoms with Crippen LogP contribution in [-0.4, -0.2) is 0 Å². The third-order valence-electron chi connectivity index (χ3n) is 5.62. The summed E-state index contributed by atoms with van der Waals surface area (Å²) >= 11 is 0. The van der Waals surface area contributed by atoms with Crippen molar-refractivity contribution in [3.63, 3.8) is 0 Å². The van der Waals surface area contributed by atoms with Crippen LogP contribution in [0, 0.1) is 0 Å². The van der Waals surface area contributed by atoms with Crippen molar-refractivity contribution in [3.8, 4) is 22.3 Å². The second kappa shape index (κ2) is 5.33. The van der Waals surface area contributed by atoms with E-state index in [0.717, 1.165) is 0 Å². The van der Waals surface area contributed by atoms with Gasteiger partial charge in [-0.2, -0.15) is 0 Å². The molecule has 0 fully saturated rings. The average molecular weight is 326 g/mol. The van der Waals surface area contributed by atoms with Crippen molar-refractivity contribution in [1.82, 2.24) is 0 Å². The molecule has 3 aromatic carbocycles. The van der Waals surface area contributed by atoms with Gasteiger partial charge in [-0.25, -0.2) is 0 Å². The highest BCUT2D eigenvalue weighted by molar-refractivity contribution is 5.86. The summed E-state index contributed by atoms with van der Waals surface area (Å²) in [6, 6.07) is 24.5. The normalized spacial score (nSPS) is 14.9. The highest BCUT2D eigenvalue weighted by Crippen LogP contribution is 2.52. The lowest BCUT2D eigenvalue weighted by molar-refractivity contribution is 0.589. The lowest BCUT2D eigenvalue weighted by Crippen LogP contribution is -2.17. The summed E-state index contributed by atoms with van der Waals surface area (Å²) in [5.74, 6) is 0. The van der Waals surface area contributed by atoms with E-state index in [-0.39, 0.29) is 10.8 Å². The van der Waals surface area contributed by atoms with Crippen molar-refractivity contribution < 1.29 is 0 Å². The van der Waals surface area contributed by atoms with Crippen LogP contribution in [0.25, 0.3) is 22.3 Å². The van der Waals surface area contributed by atoms with E-state index in [1.54, 1.807) is 0 Å². The highest BCUT2D eigenvalue weighted by atomic mass is 14.4. The summed E-state index contributed by atoms with van der Waals surface area (Å²) in [5.41, 5.74) is 9.98. The monoisotopic (exact) mass is 326 g/mol. The molecule has 0 aromatic heterocycles. The molecule has 0 radical (unpaired) electrons. The number of rotatable bonds is 1. The Bertz CT molecular complexity index is 938. The molecule has 0 unspecified atom stereocenters. The molecular formula is C25H26. The van der Waals surface area contributed by atoms with Crippen LogP contribution in [0.3, 0.4) is 0 Å². The number of hydrogen-bond donors (Lipinski definition) is 0. The lowest BCUT2D eigenvalue weighted by atomic mass is 9.79. The Balaban J connectivity index is 2.01. The van der Waals surface area contributed by atoms with Gasteiger partial charge >= 0.3 is 0 Å². The molecule has 0 bridgehead atoms. The van der Waals surface area contributed by atoms with Gasteiger partial charge in [0.15, 0.2) is 0 Å². The Kier molecular flexibility index (Phi) is 3.44. The molecule has 0 aliphatic heterocycles. The van der Waals surface area contributed by atoms with E-state index in [0.29, 0.717) is 0 Å². The van der Waals surface area contributed by atoms with Crippen LogP contribution >= 0.6 is 0 Å². The SMILES string of the molecule is CC(C)(C)c1cccc2c1-c1cc(-c3ccccc3)ccc1C2(C)C. The molecule has 0 amide bonds. The van der Waals surface area contributed by atoms with Crippen molar-refractivity contribution >= 4 is 0 Å². The molecule has 4 rings (SSSR count). The molecular weight excluding hydrogens is 300 g/mol. The predicted octanol–water partition coefficient (Wildman–Crippen LogP) is 6.96. The van der Waals surface area contributed by atoms with Crippen molar-refractivity contribution in [2.75, 3.05) is 0 Å². The topological polar surface area (TPSA) is 0 Å². The first-order chi connectivity index (χ1) is 11.8. The van der Waals surface area contributed by atoms with E-state index >= 15 is 0 Å². The fourth-order valence-electron chi connectivity index (χ4n) is 4.24. The first kappa shape index (κ1) is 16.1. The minimum Gasteiger partial charge on any atom is -0.0622 e. The van der Waals surface area contributed by atoms with Gasteiger partial charge < -0.3 is 0 Å². The summed E-state index contributed by atoms with van der Waals surface area (Å²) in [5, 5.41) is 0. The zero-order valence-electron chi connectivity index (χ0n) is 15.9. The highest BCUT2D eigenvalue weighted by Gasteiger charge is 2.38. The van der Waals surface area contributed by atoms with E-state index < -0.39 is 0 Å². The van der Waals surface area contributed by atoms with Crippen molar-refractivity contribution in [2.24, 2.45) is 0 Å². The zero-order valence-corrected chi connectivity index (χ0v) is 15.9. The van der Waals surface area contributed by atoms with Crippen molar-refractivity contribution in [3.05, 3.63) is 83.4 Å². The van der Waals surface area contributed by atoms with Gasteiger partial charge in [0.25, 0.3) is 0 Å². The van der Waals surface area contributed by atoms with Crippen molar-refractivity contribution in [1.29, 1.82) is 0 Å². The van der Waals surface area contributed by atoms with Crippen LogP contribution in [-0.2, 0) is 10.8 Å². The fourth-order valence-corrected chi connectivity index (χ4v) is 4.24. The zero-order chi connectivity index (χ0) is 17.8. The van der Waals surface area contributed by atoms with E-state index in [1.165, 1.54) is 38.9 Å². The van der Waals surface area contributed by atoms with Gasteiger partial charge in [-0.15, -0.1) is 0 Å². The second-order valence-corrected chi connectivity index (χ2v) is 8.73. The Morgan fingerprint density at radius 2 is 1.40 bits per heavy atom. The molecule has 0 N–H and O–H groups in total. The maximum absolute atomic E-state index is 2.40. The maximum Gasteiger partial charge on any atom is 0.0158 e. The molecule has 3 aromatic rings. The van der Waals surface area contributed by atoms with E-state index in [1.807, 2.05) is 0 Å². The molecule has 0 atom stereocenters. The first-order valence-corrected chi connectivity index (χ1v) is 9.14. The van der Waals surface area contributed by atoms with Crippen LogP contribution < -0.4 is 0 Å². The molecule has 0 spiro atoms. The van der Waals surface area contributed by atoms with Crippen LogP contribution in [0.15, 0.2) is 66.7 Å². The maximum atomic E-state index is 2.40. The molecule has 126 valence electrons. The van der Waals surface area contributed by atoms with Gasteiger partial charge in [0, 0.05) is 5.41 Å². The van der Waals surface area contributed by atoms with Crippen molar-refractivity contribution in [2.45, 2.75) is 45.4 Å². The second-order valence-electron chi connectivity index (χ2n) is 8.73. The first-order valence-electron chi connectivity index (χ1n) is 9.14. The minimum absolute atomic E-state index is 0.0567. The molecule has 0 heterocycles. The molecule has 0 nitrogen and oxygen atoms in total. The summed E-state index contributed by atoms with van der Waals surface area (Å²) in [4.78, 5) is 0. The van der Waals surface area contributed by atoms with E-state index in [4.69, 9.17) is 0 Å². The Morgan fingerprint density at radius 1 is 0.680 bits per heavy atom. The summed E-state index contributed by atoms with van der Waals surface area (Å²) in [6.07, 6.45) is 0. The summed E-state index contributed by atoms with van der Waals surface area (Å²) in [7, 11) is 0. The molecule has 0 saturated carbocycles. The van der Waals surface area contributed by atoms with Gasteiger partial charge in [-0.1, -0.05) is 95.3 Å². The molecule has 1 aliphatic carbocycles. The minimum atomic E-state index is 0.0567.